The maximum absolute atomic E-state index is 11.8. The van der Waals surface area contributed by atoms with Crippen LogP contribution < -0.4 is 16.0 Å². The molecule has 0 fully saturated rings. The van der Waals surface area contributed by atoms with Crippen molar-refractivity contribution in [3.63, 3.8) is 0 Å². The van der Waals surface area contributed by atoms with Crippen molar-refractivity contribution in [2.45, 2.75) is 27.2 Å². The van der Waals surface area contributed by atoms with Gasteiger partial charge in [0.25, 0.3) is 0 Å². The maximum Gasteiger partial charge on any atom is 0.225 e. The highest BCUT2D eigenvalue weighted by Gasteiger charge is 2.20. The van der Waals surface area contributed by atoms with E-state index in [1.54, 1.807) is 13.2 Å². The fourth-order valence-corrected chi connectivity index (χ4v) is 2.40. The van der Waals surface area contributed by atoms with Gasteiger partial charge in [-0.2, -0.15) is 5.10 Å². The van der Waals surface area contributed by atoms with Crippen molar-refractivity contribution >= 4 is 35.8 Å². The van der Waals surface area contributed by atoms with Crippen LogP contribution in [0.4, 0.5) is 0 Å². The predicted molar refractivity (Wildman–Crippen MR) is 125 cm³/mol. The zero-order valence-corrected chi connectivity index (χ0v) is 19.4. The molecule has 0 saturated heterocycles. The van der Waals surface area contributed by atoms with Crippen molar-refractivity contribution in [3.8, 4) is 5.69 Å². The highest BCUT2D eigenvalue weighted by atomic mass is 127. The van der Waals surface area contributed by atoms with Crippen LogP contribution in [0.15, 0.2) is 47.7 Å². The van der Waals surface area contributed by atoms with Gasteiger partial charge in [0.2, 0.25) is 5.91 Å². The summed E-state index contributed by atoms with van der Waals surface area (Å²) in [5, 5.41) is 13.6. The number of benzene rings is 1. The van der Waals surface area contributed by atoms with E-state index < -0.39 is 0 Å². The fourth-order valence-electron chi connectivity index (χ4n) is 2.40. The molecule has 1 aromatic heterocycles. The largest absolute Gasteiger partial charge is 0.356 e. The van der Waals surface area contributed by atoms with Gasteiger partial charge in [-0.05, 0) is 30.2 Å². The molecule has 0 atom stereocenters. The van der Waals surface area contributed by atoms with E-state index in [2.05, 4.69) is 50.3 Å². The zero-order valence-electron chi connectivity index (χ0n) is 17.0. The lowest BCUT2D eigenvalue weighted by atomic mass is 9.96. The molecule has 28 heavy (non-hydrogen) atoms. The second-order valence-electron chi connectivity index (χ2n) is 7.30. The van der Waals surface area contributed by atoms with E-state index in [9.17, 15) is 4.79 Å². The van der Waals surface area contributed by atoms with E-state index >= 15 is 0 Å². The molecule has 0 unspecified atom stereocenters. The van der Waals surface area contributed by atoms with Gasteiger partial charge in [0, 0.05) is 44.5 Å². The normalized spacial score (nSPS) is 11.5. The number of guanidine groups is 1. The molecule has 0 spiro atoms. The molecule has 0 bridgehead atoms. The molecular formula is C20H31IN6O. The molecule has 1 heterocycles. The van der Waals surface area contributed by atoms with Crippen molar-refractivity contribution in [1.82, 2.24) is 25.7 Å². The molecule has 0 aliphatic heterocycles. The molecule has 1 amide bonds. The second-order valence-corrected chi connectivity index (χ2v) is 7.30. The van der Waals surface area contributed by atoms with Gasteiger partial charge >= 0.3 is 0 Å². The number of hydrogen-bond donors (Lipinski definition) is 3. The predicted octanol–water partition coefficient (Wildman–Crippen LogP) is 2.36. The Morgan fingerprint density at radius 1 is 1.07 bits per heavy atom. The van der Waals surface area contributed by atoms with Gasteiger partial charge in [-0.25, -0.2) is 4.68 Å². The molecule has 0 saturated carbocycles. The molecule has 0 aliphatic carbocycles. The van der Waals surface area contributed by atoms with E-state index in [0.29, 0.717) is 13.1 Å². The molecule has 3 N–H and O–H groups in total. The lowest BCUT2D eigenvalue weighted by Crippen LogP contribution is -2.43. The minimum Gasteiger partial charge on any atom is -0.356 e. The summed E-state index contributed by atoms with van der Waals surface area (Å²) in [5.74, 6) is 0.777. The van der Waals surface area contributed by atoms with E-state index in [4.69, 9.17) is 0 Å². The van der Waals surface area contributed by atoms with E-state index in [1.165, 1.54) is 5.56 Å². The van der Waals surface area contributed by atoms with Crippen LogP contribution in [0.25, 0.3) is 5.69 Å². The van der Waals surface area contributed by atoms with Gasteiger partial charge in [0.05, 0.1) is 5.69 Å². The van der Waals surface area contributed by atoms with Gasteiger partial charge in [0.1, 0.15) is 0 Å². The smallest absolute Gasteiger partial charge is 0.225 e. The van der Waals surface area contributed by atoms with Crippen LogP contribution in [0.1, 0.15) is 26.3 Å². The average Bonchev–Trinajstić information content (AvgIpc) is 3.18. The summed E-state index contributed by atoms with van der Waals surface area (Å²) in [4.78, 5) is 16.0. The van der Waals surface area contributed by atoms with Crippen LogP contribution >= 0.6 is 24.0 Å². The van der Waals surface area contributed by atoms with Crippen LogP contribution in [0, 0.1) is 5.41 Å². The first-order valence-corrected chi connectivity index (χ1v) is 9.22. The number of rotatable bonds is 7. The Morgan fingerprint density at radius 3 is 2.29 bits per heavy atom. The number of halogens is 1. The summed E-state index contributed by atoms with van der Waals surface area (Å²) < 4.78 is 1.84. The van der Waals surface area contributed by atoms with Gasteiger partial charge in [-0.15, -0.1) is 24.0 Å². The van der Waals surface area contributed by atoms with Crippen molar-refractivity contribution in [2.24, 2.45) is 10.4 Å². The first kappa shape index (κ1) is 23.9. The lowest BCUT2D eigenvalue weighted by Gasteiger charge is -2.18. The molecular weight excluding hydrogens is 467 g/mol. The van der Waals surface area contributed by atoms with Crippen LogP contribution in [-0.4, -0.2) is 48.3 Å². The highest BCUT2D eigenvalue weighted by Crippen LogP contribution is 2.11. The highest BCUT2D eigenvalue weighted by molar-refractivity contribution is 14.0. The minimum atomic E-state index is -0.368. The molecule has 7 nitrogen and oxygen atoms in total. The van der Waals surface area contributed by atoms with Crippen LogP contribution in [0.3, 0.4) is 0 Å². The minimum absolute atomic E-state index is 0. The van der Waals surface area contributed by atoms with E-state index in [1.807, 2.05) is 37.7 Å². The number of carbonyl (C=O) groups is 1. The molecule has 0 radical (unpaired) electrons. The molecule has 0 aliphatic rings. The SMILES string of the molecule is CN=C(NCCNC(=O)C(C)(C)C)NCCc1ccc(-n2cccn2)cc1.I. The van der Waals surface area contributed by atoms with Gasteiger partial charge in [-0.1, -0.05) is 32.9 Å². The molecule has 1 aromatic carbocycles. The number of carbonyl (C=O) groups excluding carboxylic acids is 1. The van der Waals surface area contributed by atoms with Gasteiger partial charge < -0.3 is 16.0 Å². The third-order valence-corrected chi connectivity index (χ3v) is 4.02. The summed E-state index contributed by atoms with van der Waals surface area (Å²) in [6.45, 7) is 7.66. The third-order valence-electron chi connectivity index (χ3n) is 4.02. The van der Waals surface area contributed by atoms with Crippen molar-refractivity contribution in [3.05, 3.63) is 48.3 Å². The summed E-state index contributed by atoms with van der Waals surface area (Å²) in [6.07, 6.45) is 4.59. The standard InChI is InChI=1S/C20H30N6O.HI/c1-20(2,3)18(27)22-13-14-24-19(21-4)23-12-10-16-6-8-17(9-7-16)26-15-5-11-25-26;/h5-9,11,15H,10,12-14H2,1-4H3,(H,22,27)(H2,21,23,24);1H. The van der Waals surface area contributed by atoms with Crippen LogP contribution in [0.2, 0.25) is 0 Å². The van der Waals surface area contributed by atoms with Crippen molar-refractivity contribution in [2.75, 3.05) is 26.7 Å². The summed E-state index contributed by atoms with van der Waals surface area (Å²) >= 11 is 0. The van der Waals surface area contributed by atoms with E-state index in [0.717, 1.165) is 24.6 Å². The average molecular weight is 498 g/mol. The first-order valence-electron chi connectivity index (χ1n) is 9.22. The summed E-state index contributed by atoms with van der Waals surface area (Å²) in [7, 11) is 1.74. The first-order chi connectivity index (χ1) is 12.9. The Kier molecular flexibility index (Phi) is 9.98. The Morgan fingerprint density at radius 2 is 1.71 bits per heavy atom. The third kappa shape index (κ3) is 7.87. The zero-order chi connectivity index (χ0) is 19.7. The second kappa shape index (κ2) is 11.7. The summed E-state index contributed by atoms with van der Waals surface area (Å²) in [5.41, 5.74) is 1.92. The maximum atomic E-state index is 11.8. The Labute approximate surface area is 184 Å². The fraction of sp³-hybridized carbons (Fsp3) is 0.450. The van der Waals surface area contributed by atoms with Crippen LogP contribution in [-0.2, 0) is 11.2 Å². The number of amides is 1. The topological polar surface area (TPSA) is 83.3 Å². The number of aromatic nitrogens is 2. The van der Waals surface area contributed by atoms with Crippen molar-refractivity contribution in [1.29, 1.82) is 0 Å². The Hall–Kier alpha value is -2.10. The van der Waals surface area contributed by atoms with Gasteiger partial charge in [-0.3, -0.25) is 9.79 Å². The van der Waals surface area contributed by atoms with E-state index in [-0.39, 0.29) is 35.3 Å². The quantitative estimate of drug-likeness (QED) is 0.237. The lowest BCUT2D eigenvalue weighted by molar-refractivity contribution is -0.128. The number of nitrogens with one attached hydrogen (secondary N) is 3. The molecule has 2 aromatic rings. The van der Waals surface area contributed by atoms with Gasteiger partial charge in [0.15, 0.2) is 5.96 Å². The van der Waals surface area contributed by atoms with Crippen LogP contribution in [0.5, 0.6) is 0 Å². The summed E-state index contributed by atoms with van der Waals surface area (Å²) in [6, 6.07) is 10.2. The number of aliphatic imine (C=N–C) groups is 1. The molecule has 8 heteroatoms. The van der Waals surface area contributed by atoms with Crippen molar-refractivity contribution < 1.29 is 4.79 Å². The molecule has 2 rings (SSSR count). The molecule has 154 valence electrons. The Bertz CT molecular complexity index is 735. The monoisotopic (exact) mass is 498 g/mol. The Balaban J connectivity index is 0.00000392. The number of hydrogen-bond acceptors (Lipinski definition) is 3. The number of nitrogens with zero attached hydrogens (tertiary/aromatic N) is 3.